The maximum absolute atomic E-state index is 14.0. The normalized spacial score (nSPS) is 11.7. The number of rotatable bonds is 14. The molecule has 47 heavy (non-hydrogen) atoms. The molecule has 1 N–H and O–H groups in total. The SMILES string of the molecule is O=C(O)c1ccccc1N(CCCCN(c1ccc(Cl)cc1)[SH](=O)=O)S(=O)(=O)Cc1cccc(C=Cc2ccc3ccccc3n2)c1. The molecule has 0 saturated heterocycles. The van der Waals surface area contributed by atoms with Crippen molar-refractivity contribution in [1.29, 1.82) is 0 Å². The molecule has 0 spiro atoms. The van der Waals surface area contributed by atoms with Crippen LogP contribution in [0.1, 0.15) is 40.0 Å². The molecule has 0 radical (unpaired) electrons. The van der Waals surface area contributed by atoms with Crippen LogP contribution in [0.15, 0.2) is 109 Å². The van der Waals surface area contributed by atoms with Crippen molar-refractivity contribution < 1.29 is 26.7 Å². The molecule has 0 aliphatic carbocycles. The second-order valence-electron chi connectivity index (χ2n) is 10.7. The van der Waals surface area contributed by atoms with Crippen LogP contribution >= 0.6 is 11.6 Å². The molecular formula is C35H32ClN3O6S2. The number of thiol groups is 1. The number of hydrogen-bond donors (Lipinski definition) is 2. The zero-order valence-corrected chi connectivity index (χ0v) is 27.6. The molecule has 5 aromatic rings. The number of nitrogens with zero attached hydrogens (tertiary/aromatic N) is 3. The third-order valence-electron chi connectivity index (χ3n) is 7.41. The number of carbonyl (C=O) groups is 1. The van der Waals surface area contributed by atoms with Crippen LogP contribution in [-0.2, 0) is 26.7 Å². The molecule has 0 aliphatic heterocycles. The molecule has 0 saturated carbocycles. The van der Waals surface area contributed by atoms with Gasteiger partial charge in [0.15, 0.2) is 0 Å². The molecular weight excluding hydrogens is 658 g/mol. The number of pyridine rings is 1. The monoisotopic (exact) mass is 689 g/mol. The summed E-state index contributed by atoms with van der Waals surface area (Å²) in [6.45, 7) is 0.0548. The summed E-state index contributed by atoms with van der Waals surface area (Å²) >= 11 is 5.94. The molecule has 1 aromatic heterocycles. The Kier molecular flexibility index (Phi) is 10.9. The summed E-state index contributed by atoms with van der Waals surface area (Å²) in [7, 11) is -7.03. The fraction of sp³-hybridized carbons (Fsp3) is 0.143. The summed E-state index contributed by atoms with van der Waals surface area (Å²) in [6, 6.07) is 31.1. The number of unbranched alkanes of at least 4 members (excludes halogenated alkanes) is 1. The first kappa shape index (κ1) is 33.6. The number of carboxylic acids is 1. The average Bonchev–Trinajstić information content (AvgIpc) is 3.05. The van der Waals surface area contributed by atoms with Gasteiger partial charge in [-0.1, -0.05) is 78.3 Å². The van der Waals surface area contributed by atoms with Crippen molar-refractivity contribution in [2.45, 2.75) is 18.6 Å². The Morgan fingerprint density at radius 1 is 0.830 bits per heavy atom. The molecule has 0 amide bonds. The Hall–Kier alpha value is -4.71. The molecule has 1 heterocycles. The Morgan fingerprint density at radius 3 is 2.32 bits per heavy atom. The van der Waals surface area contributed by atoms with E-state index in [0.29, 0.717) is 22.7 Å². The lowest BCUT2D eigenvalue weighted by molar-refractivity contribution is 0.0697. The van der Waals surface area contributed by atoms with Gasteiger partial charge in [0.2, 0.25) is 20.9 Å². The van der Waals surface area contributed by atoms with E-state index >= 15 is 0 Å². The fourth-order valence-electron chi connectivity index (χ4n) is 5.15. The molecule has 5 rings (SSSR count). The summed E-state index contributed by atoms with van der Waals surface area (Å²) in [5, 5.41) is 11.4. The quantitative estimate of drug-likeness (QED) is 0.0959. The van der Waals surface area contributed by atoms with Gasteiger partial charge in [0, 0.05) is 23.5 Å². The van der Waals surface area contributed by atoms with Crippen LogP contribution in [0.4, 0.5) is 11.4 Å². The lowest BCUT2D eigenvalue weighted by Gasteiger charge is -2.26. The van der Waals surface area contributed by atoms with Crippen molar-refractivity contribution in [3.8, 4) is 0 Å². The Balaban J connectivity index is 1.35. The number of sulfonamides is 1. The highest BCUT2D eigenvalue weighted by Crippen LogP contribution is 2.27. The van der Waals surface area contributed by atoms with Crippen LogP contribution in [0.25, 0.3) is 23.1 Å². The molecule has 4 aromatic carbocycles. The standard InChI is InChI=1S/C35H32ClN3O6S2/c36-29-16-20-31(21-17-29)38(46(42)43)22-5-6-23-39(34-13-4-2-11-32(34)35(40)41)47(44,45)25-27-9-7-8-26(24-27)14-18-30-19-15-28-10-1-3-12-33(28)37-30/h1-4,7-21,24,46H,5-6,22-23,25H2,(H,40,41). The number of aromatic nitrogens is 1. The number of hydrogen-bond acceptors (Lipinski definition) is 6. The number of aromatic carboxylic acids is 1. The van der Waals surface area contributed by atoms with Crippen molar-refractivity contribution in [1.82, 2.24) is 4.98 Å². The Labute approximate surface area is 280 Å². The first-order valence-electron chi connectivity index (χ1n) is 14.7. The maximum atomic E-state index is 14.0. The van der Waals surface area contributed by atoms with Gasteiger partial charge in [0.25, 0.3) is 0 Å². The van der Waals surface area contributed by atoms with Crippen LogP contribution < -0.4 is 8.61 Å². The number of carboxylic acid groups (broad SMARTS) is 1. The van der Waals surface area contributed by atoms with Crippen LogP contribution in [-0.4, -0.2) is 46.0 Å². The van der Waals surface area contributed by atoms with Gasteiger partial charge >= 0.3 is 5.97 Å². The van der Waals surface area contributed by atoms with Crippen molar-refractivity contribution in [2.75, 3.05) is 21.7 Å². The van der Waals surface area contributed by atoms with E-state index in [4.69, 9.17) is 11.6 Å². The van der Waals surface area contributed by atoms with Crippen molar-refractivity contribution in [2.24, 2.45) is 0 Å². The van der Waals surface area contributed by atoms with Crippen LogP contribution in [0.2, 0.25) is 5.02 Å². The smallest absolute Gasteiger partial charge is 0.337 e. The zero-order chi connectivity index (χ0) is 33.4. The molecule has 242 valence electrons. The molecule has 0 fully saturated rings. The van der Waals surface area contributed by atoms with Crippen LogP contribution in [0.3, 0.4) is 0 Å². The summed E-state index contributed by atoms with van der Waals surface area (Å²) in [6.07, 6.45) is 4.30. The van der Waals surface area contributed by atoms with Gasteiger partial charge in [-0.2, -0.15) is 0 Å². The predicted octanol–water partition coefficient (Wildman–Crippen LogP) is 6.91. The second-order valence-corrected chi connectivity index (χ2v) is 14.0. The topological polar surface area (TPSA) is 125 Å². The van der Waals surface area contributed by atoms with E-state index in [0.717, 1.165) is 26.5 Å². The van der Waals surface area contributed by atoms with Crippen molar-refractivity contribution in [3.63, 3.8) is 0 Å². The van der Waals surface area contributed by atoms with Gasteiger partial charge in [0.1, 0.15) is 0 Å². The van der Waals surface area contributed by atoms with E-state index in [1.807, 2.05) is 54.6 Å². The molecule has 0 unspecified atom stereocenters. The van der Waals surface area contributed by atoms with E-state index in [-0.39, 0.29) is 36.5 Å². The van der Waals surface area contributed by atoms with Crippen LogP contribution in [0, 0.1) is 0 Å². The summed E-state index contributed by atoms with van der Waals surface area (Å²) in [4.78, 5) is 16.7. The molecule has 0 aliphatic rings. The van der Waals surface area contributed by atoms with Gasteiger partial charge in [-0.3, -0.25) is 8.61 Å². The fourth-order valence-corrected chi connectivity index (χ4v) is 7.52. The number of fused-ring (bicyclic) bond motifs is 1. The Morgan fingerprint density at radius 2 is 1.55 bits per heavy atom. The first-order chi connectivity index (χ1) is 22.6. The predicted molar refractivity (Wildman–Crippen MR) is 189 cm³/mol. The van der Waals surface area contributed by atoms with E-state index < -0.39 is 26.9 Å². The summed E-state index contributed by atoms with van der Waals surface area (Å²) in [5.41, 5.74) is 3.26. The lowest BCUT2D eigenvalue weighted by Crippen LogP contribution is -2.35. The Bertz CT molecular complexity index is 2090. The molecule has 0 atom stereocenters. The third kappa shape index (κ3) is 8.76. The highest BCUT2D eigenvalue weighted by Gasteiger charge is 2.27. The third-order valence-corrected chi connectivity index (χ3v) is 10.2. The average molecular weight is 690 g/mol. The van der Waals surface area contributed by atoms with Gasteiger partial charge in [0.05, 0.1) is 33.9 Å². The summed E-state index contributed by atoms with van der Waals surface area (Å²) < 4.78 is 54.2. The minimum atomic E-state index is -4.08. The van der Waals surface area contributed by atoms with Crippen LogP contribution in [0.5, 0.6) is 0 Å². The van der Waals surface area contributed by atoms with Gasteiger partial charge in [-0.05, 0) is 78.6 Å². The minimum Gasteiger partial charge on any atom is -0.478 e. The van der Waals surface area contributed by atoms with E-state index in [1.165, 1.54) is 22.5 Å². The van der Waals surface area contributed by atoms with Gasteiger partial charge < -0.3 is 5.11 Å². The zero-order valence-electron chi connectivity index (χ0n) is 25.1. The largest absolute Gasteiger partial charge is 0.478 e. The van der Waals surface area contributed by atoms with E-state index in [2.05, 4.69) is 4.98 Å². The highest BCUT2D eigenvalue weighted by atomic mass is 35.5. The highest BCUT2D eigenvalue weighted by molar-refractivity contribution is 7.92. The maximum Gasteiger partial charge on any atom is 0.337 e. The van der Waals surface area contributed by atoms with Gasteiger partial charge in [-0.25, -0.2) is 26.6 Å². The van der Waals surface area contributed by atoms with Gasteiger partial charge in [-0.15, -0.1) is 0 Å². The number of benzene rings is 4. The van der Waals surface area contributed by atoms with E-state index in [1.54, 1.807) is 48.5 Å². The lowest BCUT2D eigenvalue weighted by atomic mass is 10.1. The molecule has 0 bridgehead atoms. The van der Waals surface area contributed by atoms with Crippen molar-refractivity contribution >= 4 is 72.9 Å². The van der Waals surface area contributed by atoms with E-state index in [9.17, 15) is 26.7 Å². The van der Waals surface area contributed by atoms with Crippen molar-refractivity contribution in [3.05, 3.63) is 137 Å². The molecule has 9 nitrogen and oxygen atoms in total. The molecule has 12 heteroatoms. The number of halogens is 1. The summed E-state index contributed by atoms with van der Waals surface area (Å²) in [5.74, 6) is -1.63. The first-order valence-corrected chi connectivity index (χ1v) is 17.9. The number of para-hydroxylation sites is 2. The minimum absolute atomic E-state index is 0.0443. The second kappa shape index (κ2) is 15.3. The number of anilines is 2.